The van der Waals surface area contributed by atoms with Crippen LogP contribution in [0.3, 0.4) is 0 Å². The quantitative estimate of drug-likeness (QED) is 0.863. The molecule has 1 N–H and O–H groups in total. The maximum Gasteiger partial charge on any atom is 0.509 e. The number of halogens is 3. The number of hydrogen-bond donors (Lipinski definition) is 1. The van der Waals surface area contributed by atoms with Gasteiger partial charge >= 0.3 is 6.98 Å². The molecule has 0 aliphatic carbocycles. The van der Waals surface area contributed by atoms with Crippen LogP contribution in [0.4, 0.5) is 12.9 Å². The lowest BCUT2D eigenvalue weighted by molar-refractivity contribution is 0.305. The zero-order chi connectivity index (χ0) is 13.9. The Balaban J connectivity index is 2.08. The molecule has 0 heterocycles. The first-order chi connectivity index (χ1) is 8.95. The molecule has 0 spiro atoms. The molecule has 0 aromatic heterocycles. The summed E-state index contributed by atoms with van der Waals surface area (Å²) in [6.07, 6.45) is 0. The summed E-state index contributed by atoms with van der Waals surface area (Å²) in [4.78, 5) is 0. The second kappa shape index (κ2) is 5.26. The van der Waals surface area contributed by atoms with Crippen LogP contribution in [0.1, 0.15) is 5.56 Å². The molecule has 6 heteroatoms. The molecule has 0 saturated heterocycles. The van der Waals surface area contributed by atoms with Crippen LogP contribution in [-0.2, 0) is 6.61 Å². The van der Waals surface area contributed by atoms with E-state index in [1.165, 1.54) is 24.3 Å². The first-order valence-corrected chi connectivity index (χ1v) is 5.66. The zero-order valence-electron chi connectivity index (χ0n) is 9.89. The molecule has 0 amide bonds. The first kappa shape index (κ1) is 13.3. The van der Waals surface area contributed by atoms with Crippen LogP contribution in [0.2, 0.25) is 0 Å². The highest BCUT2D eigenvalue weighted by molar-refractivity contribution is 6.73. The second-order valence-corrected chi connectivity index (χ2v) is 4.11. The molecule has 0 bridgehead atoms. The van der Waals surface area contributed by atoms with Gasteiger partial charge in [-0.3, -0.25) is 0 Å². The third kappa shape index (κ3) is 3.68. The Morgan fingerprint density at radius 1 is 1.00 bits per heavy atom. The smallest absolute Gasteiger partial charge is 0.508 e. The molecule has 0 aliphatic heterocycles. The molecule has 2 aromatic carbocycles. The van der Waals surface area contributed by atoms with Gasteiger partial charge in [-0.1, -0.05) is 24.3 Å². The van der Waals surface area contributed by atoms with Gasteiger partial charge in [-0.2, -0.15) is 0 Å². The van der Waals surface area contributed by atoms with Gasteiger partial charge in [-0.15, -0.1) is 5.46 Å². The van der Waals surface area contributed by atoms with Crippen LogP contribution in [0.15, 0.2) is 48.5 Å². The minimum absolute atomic E-state index is 0.0912. The Morgan fingerprint density at radius 2 is 1.74 bits per heavy atom. The van der Waals surface area contributed by atoms with Crippen molar-refractivity contribution in [2.45, 2.75) is 6.61 Å². The van der Waals surface area contributed by atoms with Crippen molar-refractivity contribution in [3.05, 3.63) is 54.1 Å². The van der Waals surface area contributed by atoms with E-state index in [2.05, 4.69) is 0 Å². The molecule has 19 heavy (non-hydrogen) atoms. The number of ether oxygens (including phenoxy) is 1. The lowest BCUT2D eigenvalue weighted by Gasteiger charge is -2.16. The van der Waals surface area contributed by atoms with E-state index in [0.717, 1.165) is 12.1 Å². The van der Waals surface area contributed by atoms with Crippen LogP contribution in [0.25, 0.3) is 0 Å². The van der Waals surface area contributed by atoms with Crippen molar-refractivity contribution in [3.8, 4) is 11.5 Å². The maximum absolute atomic E-state index is 12.6. The molecular weight excluding hydrogens is 256 g/mol. The summed E-state index contributed by atoms with van der Waals surface area (Å²) < 4.78 is 43.0. The molecule has 0 aliphatic rings. The zero-order valence-corrected chi connectivity index (χ0v) is 9.89. The summed E-state index contributed by atoms with van der Waals surface area (Å²) in [6, 6.07) is 11.1. The highest BCUT2D eigenvalue weighted by Crippen LogP contribution is 2.17. The number of benzene rings is 2. The van der Waals surface area contributed by atoms with Crippen LogP contribution in [0, 0.1) is 0 Å². The van der Waals surface area contributed by atoms with Gasteiger partial charge in [0.25, 0.3) is 0 Å². The van der Waals surface area contributed by atoms with Gasteiger partial charge in [0.2, 0.25) is 0 Å². The molecule has 2 nitrogen and oxygen atoms in total. The Labute approximate surface area is 108 Å². The lowest BCUT2D eigenvalue weighted by atomic mass is 9.80. The van der Waals surface area contributed by atoms with Gasteiger partial charge in [0.05, 0.1) is 0 Å². The van der Waals surface area contributed by atoms with Gasteiger partial charge < -0.3 is 22.8 Å². The fraction of sp³-hybridized carbons (Fsp3) is 0.0769. The van der Waals surface area contributed by atoms with Crippen molar-refractivity contribution in [1.82, 2.24) is 0 Å². The van der Waals surface area contributed by atoms with E-state index < -0.39 is 12.4 Å². The minimum Gasteiger partial charge on any atom is -0.508 e. The number of phenolic OH excluding ortho intramolecular Hbond substituents is 1. The number of aromatic hydroxyl groups is 1. The van der Waals surface area contributed by atoms with E-state index >= 15 is 0 Å². The van der Waals surface area contributed by atoms with Crippen LogP contribution < -0.4 is 10.2 Å². The Hall–Kier alpha value is -2.11. The standard InChI is InChI=1S/C13H11BF3O2/c15-14(16,17)11-4-2-6-13(8-11)19-9-10-3-1-5-12(18)7-10/h1-8,18H,9H2/q-1. The monoisotopic (exact) mass is 267 g/mol. The Kier molecular flexibility index (Phi) is 3.69. The van der Waals surface area contributed by atoms with E-state index in [0.29, 0.717) is 5.56 Å². The fourth-order valence-electron chi connectivity index (χ4n) is 1.62. The third-order valence-electron chi connectivity index (χ3n) is 2.55. The maximum atomic E-state index is 12.6. The Morgan fingerprint density at radius 3 is 2.42 bits per heavy atom. The second-order valence-electron chi connectivity index (χ2n) is 4.11. The molecular formula is C13H11BF3O2-. The van der Waals surface area contributed by atoms with Crippen LogP contribution in [0.5, 0.6) is 11.5 Å². The minimum atomic E-state index is -5.02. The van der Waals surface area contributed by atoms with Crippen LogP contribution in [-0.4, -0.2) is 12.1 Å². The molecule has 2 rings (SSSR count). The van der Waals surface area contributed by atoms with Gasteiger partial charge in [0, 0.05) is 0 Å². The van der Waals surface area contributed by atoms with E-state index in [9.17, 15) is 18.1 Å². The number of hydrogen-bond acceptors (Lipinski definition) is 2. The van der Waals surface area contributed by atoms with Crippen molar-refractivity contribution in [1.29, 1.82) is 0 Å². The van der Waals surface area contributed by atoms with E-state index in [1.807, 2.05) is 0 Å². The van der Waals surface area contributed by atoms with E-state index in [1.54, 1.807) is 12.1 Å². The number of phenols is 1. The van der Waals surface area contributed by atoms with Crippen molar-refractivity contribution >= 4 is 12.4 Å². The average Bonchev–Trinajstić information content (AvgIpc) is 2.36. The summed E-state index contributed by atoms with van der Waals surface area (Å²) in [5.74, 6) is 0.244. The predicted octanol–water partition coefficient (Wildman–Crippen LogP) is 3.03. The van der Waals surface area contributed by atoms with Crippen molar-refractivity contribution in [2.24, 2.45) is 0 Å². The largest absolute Gasteiger partial charge is 0.509 e. The predicted molar refractivity (Wildman–Crippen MR) is 67.6 cm³/mol. The lowest BCUT2D eigenvalue weighted by Crippen LogP contribution is -2.33. The number of rotatable bonds is 4. The van der Waals surface area contributed by atoms with Crippen molar-refractivity contribution < 1.29 is 22.8 Å². The highest BCUT2D eigenvalue weighted by atomic mass is 19.4. The third-order valence-corrected chi connectivity index (χ3v) is 2.55. The van der Waals surface area contributed by atoms with Crippen molar-refractivity contribution in [3.63, 3.8) is 0 Å². The average molecular weight is 267 g/mol. The van der Waals surface area contributed by atoms with Gasteiger partial charge in [-0.05, 0) is 29.8 Å². The SMILES string of the molecule is Oc1cccc(COc2cccc([B-](F)(F)F)c2)c1. The summed E-state index contributed by atoms with van der Waals surface area (Å²) in [5, 5.41) is 9.26. The molecule has 0 atom stereocenters. The normalized spacial score (nSPS) is 11.3. The molecule has 100 valence electrons. The molecule has 2 aromatic rings. The summed E-state index contributed by atoms with van der Waals surface area (Å²) in [5.41, 5.74) is -0.00340. The van der Waals surface area contributed by atoms with E-state index in [-0.39, 0.29) is 18.1 Å². The van der Waals surface area contributed by atoms with Crippen molar-refractivity contribution in [2.75, 3.05) is 0 Å². The highest BCUT2D eigenvalue weighted by Gasteiger charge is 2.25. The van der Waals surface area contributed by atoms with Gasteiger partial charge in [0.1, 0.15) is 18.1 Å². The Bertz CT molecular complexity index is 570. The first-order valence-electron chi connectivity index (χ1n) is 5.66. The molecule has 0 fully saturated rings. The molecule has 0 saturated carbocycles. The fourth-order valence-corrected chi connectivity index (χ4v) is 1.62. The molecule has 0 unspecified atom stereocenters. The summed E-state index contributed by atoms with van der Waals surface area (Å²) in [7, 11) is 0. The van der Waals surface area contributed by atoms with Gasteiger partial charge in [0.15, 0.2) is 0 Å². The topological polar surface area (TPSA) is 29.5 Å². The van der Waals surface area contributed by atoms with Gasteiger partial charge in [-0.25, -0.2) is 0 Å². The van der Waals surface area contributed by atoms with Crippen LogP contribution >= 0.6 is 0 Å². The van der Waals surface area contributed by atoms with E-state index in [4.69, 9.17) is 4.74 Å². The summed E-state index contributed by atoms with van der Waals surface area (Å²) >= 11 is 0. The summed E-state index contributed by atoms with van der Waals surface area (Å²) in [6.45, 7) is -4.92. The molecule has 0 radical (unpaired) electrons.